The van der Waals surface area contributed by atoms with E-state index in [1.165, 1.54) is 0 Å². The second-order valence-electron chi connectivity index (χ2n) is 8.69. The number of carbonyl (C=O) groups excluding carboxylic acids is 3. The number of aliphatic hydroxyl groups is 1. The molecule has 0 bridgehead atoms. The highest BCUT2D eigenvalue weighted by Crippen LogP contribution is 2.25. The summed E-state index contributed by atoms with van der Waals surface area (Å²) >= 11 is 0. The highest BCUT2D eigenvalue weighted by atomic mass is 16.6. The van der Waals surface area contributed by atoms with Crippen molar-refractivity contribution in [1.82, 2.24) is 10.2 Å². The van der Waals surface area contributed by atoms with E-state index in [1.54, 1.807) is 57.2 Å². The number of nitrogens with one attached hydrogen (secondary N) is 2. The first-order valence-corrected chi connectivity index (χ1v) is 10.8. The molecule has 0 aliphatic rings. The molecule has 2 atom stereocenters. The molecule has 2 aromatic carbocycles. The zero-order valence-electron chi connectivity index (χ0n) is 20.2. The number of nitrogens with zero attached hydrogens (tertiary/aromatic N) is 1. The van der Waals surface area contributed by atoms with E-state index >= 15 is 0 Å². The van der Waals surface area contributed by atoms with E-state index in [2.05, 4.69) is 22.6 Å². The number of anilines is 1. The molecule has 0 heterocycles. The lowest BCUT2D eigenvalue weighted by molar-refractivity contribution is -0.137. The maximum absolute atomic E-state index is 13.4. The maximum Gasteiger partial charge on any atom is 0.408 e. The van der Waals surface area contributed by atoms with E-state index in [9.17, 15) is 19.5 Å². The molecular weight excluding hydrogens is 446 g/mol. The van der Waals surface area contributed by atoms with Crippen LogP contribution in [0.2, 0.25) is 0 Å². The average molecular weight is 476 g/mol. The van der Waals surface area contributed by atoms with Gasteiger partial charge < -0.3 is 20.5 Å². The van der Waals surface area contributed by atoms with Crippen molar-refractivity contribution in [3.8, 4) is 24.8 Å². The Balaban J connectivity index is 2.43. The molecule has 0 aliphatic carbocycles. The van der Waals surface area contributed by atoms with Gasteiger partial charge in [0, 0.05) is 17.3 Å². The molecule has 0 fully saturated rings. The van der Waals surface area contributed by atoms with Gasteiger partial charge in [0.2, 0.25) is 0 Å². The van der Waals surface area contributed by atoms with Crippen molar-refractivity contribution >= 4 is 23.6 Å². The number of benzene rings is 2. The fourth-order valence-corrected chi connectivity index (χ4v) is 3.16. The van der Waals surface area contributed by atoms with Crippen LogP contribution in [0.25, 0.3) is 0 Å². The summed E-state index contributed by atoms with van der Waals surface area (Å²) in [6, 6.07) is 13.0. The number of ether oxygens (including phenoxy) is 1. The van der Waals surface area contributed by atoms with Crippen molar-refractivity contribution in [1.29, 1.82) is 0 Å². The predicted molar refractivity (Wildman–Crippen MR) is 133 cm³/mol. The van der Waals surface area contributed by atoms with E-state index in [0.29, 0.717) is 16.8 Å². The molecule has 8 heteroatoms. The third-order valence-electron chi connectivity index (χ3n) is 4.85. The minimum Gasteiger partial charge on any atom is -0.444 e. The van der Waals surface area contributed by atoms with Gasteiger partial charge in [0.15, 0.2) is 0 Å². The van der Waals surface area contributed by atoms with Crippen LogP contribution in [0.3, 0.4) is 0 Å². The zero-order chi connectivity index (χ0) is 26.2. The van der Waals surface area contributed by atoms with Gasteiger partial charge in [-0.05, 0) is 57.0 Å². The molecule has 0 radical (unpaired) electrons. The summed E-state index contributed by atoms with van der Waals surface area (Å²) in [5.74, 6) is 1.03. The number of hydrogen-bond donors (Lipinski definition) is 3. The number of alkyl carbamates (subject to hydrolysis) is 1. The summed E-state index contributed by atoms with van der Waals surface area (Å²) in [5, 5.41) is 14.9. The highest BCUT2D eigenvalue weighted by molar-refractivity contribution is 6.00. The molecule has 0 aromatic heterocycles. The van der Waals surface area contributed by atoms with Crippen molar-refractivity contribution in [3.63, 3.8) is 0 Å². The number of para-hydroxylation sites is 1. The number of amides is 3. The molecule has 3 amide bonds. The molecule has 0 saturated heterocycles. The van der Waals surface area contributed by atoms with Gasteiger partial charge >= 0.3 is 6.09 Å². The van der Waals surface area contributed by atoms with E-state index < -0.39 is 42.2 Å². The van der Waals surface area contributed by atoms with E-state index in [1.807, 2.05) is 19.1 Å². The third-order valence-corrected chi connectivity index (χ3v) is 4.85. The van der Waals surface area contributed by atoms with Gasteiger partial charge in [-0.25, -0.2) is 4.79 Å². The smallest absolute Gasteiger partial charge is 0.408 e. The van der Waals surface area contributed by atoms with Crippen LogP contribution in [0.1, 0.15) is 43.5 Å². The van der Waals surface area contributed by atoms with E-state index in [0.717, 1.165) is 10.5 Å². The minimum absolute atomic E-state index is 0.385. The lowest BCUT2D eigenvalue weighted by Gasteiger charge is -2.30. The largest absolute Gasteiger partial charge is 0.444 e. The van der Waals surface area contributed by atoms with Crippen molar-refractivity contribution in [2.45, 2.75) is 45.4 Å². The predicted octanol–water partition coefficient (Wildman–Crippen LogP) is 2.96. The number of rotatable bonds is 7. The first-order chi connectivity index (χ1) is 16.5. The molecule has 2 unspecified atom stereocenters. The Labute approximate surface area is 205 Å². The van der Waals surface area contributed by atoms with Crippen LogP contribution in [-0.2, 0) is 14.3 Å². The van der Waals surface area contributed by atoms with Crippen LogP contribution in [-0.4, -0.2) is 46.2 Å². The zero-order valence-corrected chi connectivity index (χ0v) is 20.2. The van der Waals surface area contributed by atoms with Crippen LogP contribution in [0.15, 0.2) is 48.5 Å². The molecular formula is C27H29N3O5. The number of aliphatic hydroxyl groups excluding tert-OH is 1. The topological polar surface area (TPSA) is 108 Å². The Bertz CT molecular complexity index is 1150. The minimum atomic E-state index is -1.44. The van der Waals surface area contributed by atoms with Crippen LogP contribution in [0, 0.1) is 31.7 Å². The second kappa shape index (κ2) is 11.7. The monoisotopic (exact) mass is 475 g/mol. The molecule has 0 spiro atoms. The van der Waals surface area contributed by atoms with Crippen molar-refractivity contribution < 1.29 is 24.2 Å². The van der Waals surface area contributed by atoms with Crippen LogP contribution in [0.5, 0.6) is 0 Å². The first-order valence-electron chi connectivity index (χ1n) is 10.8. The van der Waals surface area contributed by atoms with Gasteiger partial charge in [0.05, 0.1) is 6.61 Å². The third kappa shape index (κ3) is 7.36. The quantitative estimate of drug-likeness (QED) is 0.422. The van der Waals surface area contributed by atoms with Gasteiger partial charge in [-0.1, -0.05) is 42.7 Å². The van der Waals surface area contributed by atoms with E-state index in [4.69, 9.17) is 17.6 Å². The Kier molecular flexibility index (Phi) is 9.04. The molecule has 35 heavy (non-hydrogen) atoms. The maximum atomic E-state index is 13.4. The Morgan fingerprint density at radius 2 is 1.71 bits per heavy atom. The van der Waals surface area contributed by atoms with Crippen LogP contribution in [0.4, 0.5) is 10.5 Å². The summed E-state index contributed by atoms with van der Waals surface area (Å²) in [6.45, 7) is 6.02. The SMILES string of the molecule is C#Cc1ccc(C(C(=O)Nc2ccccc2C)N(C#C)C(=O)C(CO)NC(=O)OC(C)(C)C)cc1. The summed E-state index contributed by atoms with van der Waals surface area (Å²) in [6.07, 6.45) is 10.2. The molecule has 0 aliphatic heterocycles. The van der Waals surface area contributed by atoms with Crippen LogP contribution >= 0.6 is 0 Å². The molecule has 2 aromatic rings. The molecule has 3 N–H and O–H groups in total. The summed E-state index contributed by atoms with van der Waals surface area (Å²) in [4.78, 5) is 39.8. The summed E-state index contributed by atoms with van der Waals surface area (Å²) < 4.78 is 5.16. The van der Waals surface area contributed by atoms with Gasteiger partial charge in [0.25, 0.3) is 11.8 Å². The Hall–Kier alpha value is -4.27. The molecule has 2 rings (SSSR count). The van der Waals surface area contributed by atoms with Gasteiger partial charge in [-0.2, -0.15) is 0 Å². The molecule has 0 saturated carbocycles. The number of carbonyl (C=O) groups is 3. The van der Waals surface area contributed by atoms with E-state index in [-0.39, 0.29) is 0 Å². The Morgan fingerprint density at radius 3 is 2.23 bits per heavy atom. The number of terminal acetylenes is 2. The van der Waals surface area contributed by atoms with Crippen molar-refractivity contribution in [3.05, 3.63) is 65.2 Å². The summed E-state index contributed by atoms with van der Waals surface area (Å²) in [5.41, 5.74) is 1.48. The number of hydrogen-bond acceptors (Lipinski definition) is 5. The highest BCUT2D eigenvalue weighted by Gasteiger charge is 2.36. The van der Waals surface area contributed by atoms with Crippen molar-refractivity contribution in [2.75, 3.05) is 11.9 Å². The molecule has 8 nitrogen and oxygen atoms in total. The van der Waals surface area contributed by atoms with Gasteiger partial charge in [-0.15, -0.1) is 6.42 Å². The number of aryl methyl sites for hydroxylation is 1. The fraction of sp³-hybridized carbons (Fsp3) is 0.296. The lowest BCUT2D eigenvalue weighted by Crippen LogP contribution is -2.52. The lowest BCUT2D eigenvalue weighted by atomic mass is 10.0. The Morgan fingerprint density at radius 1 is 1.09 bits per heavy atom. The standard InChI is InChI=1S/C27H29N3O5/c1-7-19-13-15-20(16-14-19)23(24(32)28-21-12-10-9-11-18(21)3)30(8-2)25(33)22(17-31)29-26(34)35-27(4,5)6/h1-2,9-16,22-23,31H,17H2,3-6H3,(H,28,32)(H,29,34). The second-order valence-corrected chi connectivity index (χ2v) is 8.69. The first kappa shape index (κ1) is 27.0. The van der Waals surface area contributed by atoms with Crippen LogP contribution < -0.4 is 10.6 Å². The molecule has 182 valence electrons. The average Bonchev–Trinajstić information content (AvgIpc) is 2.81. The van der Waals surface area contributed by atoms with Crippen molar-refractivity contribution in [2.24, 2.45) is 0 Å². The van der Waals surface area contributed by atoms with Gasteiger partial charge in [0.1, 0.15) is 17.7 Å². The fourth-order valence-electron chi connectivity index (χ4n) is 3.16. The normalized spacial score (nSPS) is 12.3. The van der Waals surface area contributed by atoms with Gasteiger partial charge in [-0.3, -0.25) is 14.5 Å². The summed E-state index contributed by atoms with van der Waals surface area (Å²) in [7, 11) is 0.